The van der Waals surface area contributed by atoms with Gasteiger partial charge in [-0.2, -0.15) is 0 Å². The standard InChI is InChI=1S/C32H21BrN2O5/c33-32-22-13-4-1-10-19(22)25(20-11-2-5-14-23(20)32)26-27(32)30(38)35(29(26)37)18-9-7-8-17(16-18)28(36)34-24-15-6-3-12-21(24)31(39)40/h1-16,25-27H,(H,34,36)(H,39,40)/t25?,26-,27-,32?/m1/s1. The summed E-state index contributed by atoms with van der Waals surface area (Å²) in [4.78, 5) is 54.2. The summed E-state index contributed by atoms with van der Waals surface area (Å²) in [5, 5.41) is 12.1. The molecule has 1 fully saturated rings. The number of hydrogen-bond donors (Lipinski definition) is 2. The monoisotopic (exact) mass is 592 g/mol. The lowest BCUT2D eigenvalue weighted by molar-refractivity contribution is -0.122. The van der Waals surface area contributed by atoms with Crippen LogP contribution in [0.3, 0.4) is 0 Å². The van der Waals surface area contributed by atoms with E-state index in [-0.39, 0.29) is 34.5 Å². The molecular weight excluding hydrogens is 572 g/mol. The molecule has 0 aromatic heterocycles. The van der Waals surface area contributed by atoms with Gasteiger partial charge < -0.3 is 10.4 Å². The van der Waals surface area contributed by atoms with Crippen LogP contribution in [0, 0.1) is 11.8 Å². The van der Waals surface area contributed by atoms with E-state index < -0.39 is 28.0 Å². The second-order valence-electron chi connectivity index (χ2n) is 10.2. The van der Waals surface area contributed by atoms with Crippen molar-refractivity contribution in [2.75, 3.05) is 10.2 Å². The SMILES string of the molecule is O=C(Nc1ccccc1C(=O)O)c1cccc(N2C(=O)[C@@H]3C4c5ccccc5C(Br)(c5ccccc54)[C@H]3C2=O)c1. The maximum atomic E-state index is 14.2. The van der Waals surface area contributed by atoms with Crippen LogP contribution in [0.1, 0.15) is 48.9 Å². The molecule has 0 saturated carbocycles. The number of anilines is 2. The number of carbonyl (C=O) groups is 4. The van der Waals surface area contributed by atoms with Gasteiger partial charge in [0.05, 0.1) is 33.1 Å². The molecule has 1 saturated heterocycles. The fourth-order valence-electron chi connectivity index (χ4n) is 6.69. The van der Waals surface area contributed by atoms with Crippen LogP contribution in [0.2, 0.25) is 0 Å². The predicted octanol–water partition coefficient (Wildman–Crippen LogP) is 5.54. The van der Waals surface area contributed by atoms with Crippen LogP contribution in [-0.2, 0) is 13.9 Å². The van der Waals surface area contributed by atoms with Crippen molar-refractivity contribution >= 4 is 51.0 Å². The molecule has 8 heteroatoms. The Morgan fingerprint density at radius 3 is 2.10 bits per heavy atom. The average Bonchev–Trinajstić information content (AvgIpc) is 3.24. The molecule has 3 amide bonds. The molecular formula is C32H21BrN2O5. The zero-order chi connectivity index (χ0) is 27.8. The second-order valence-corrected chi connectivity index (χ2v) is 11.5. The highest BCUT2D eigenvalue weighted by atomic mass is 79.9. The lowest BCUT2D eigenvalue weighted by Gasteiger charge is -2.51. The number of benzene rings is 4. The van der Waals surface area contributed by atoms with Gasteiger partial charge >= 0.3 is 5.97 Å². The third kappa shape index (κ3) is 3.23. The lowest BCUT2D eigenvalue weighted by Crippen LogP contribution is -2.50. The molecule has 1 aliphatic heterocycles. The fourth-order valence-corrected chi connectivity index (χ4v) is 7.90. The van der Waals surface area contributed by atoms with Crippen molar-refractivity contribution < 1.29 is 24.3 Å². The van der Waals surface area contributed by atoms with E-state index in [0.717, 1.165) is 22.3 Å². The Hall–Kier alpha value is -4.56. The summed E-state index contributed by atoms with van der Waals surface area (Å²) < 4.78 is -0.864. The first-order chi connectivity index (χ1) is 19.3. The third-order valence-corrected chi connectivity index (χ3v) is 9.63. The maximum Gasteiger partial charge on any atom is 0.337 e. The molecule has 0 unspecified atom stereocenters. The largest absolute Gasteiger partial charge is 0.478 e. The first-order valence-corrected chi connectivity index (χ1v) is 13.6. The Bertz CT molecular complexity index is 1740. The van der Waals surface area contributed by atoms with Crippen molar-refractivity contribution in [1.29, 1.82) is 0 Å². The highest BCUT2D eigenvalue weighted by Crippen LogP contribution is 2.66. The number of alkyl halides is 1. The van der Waals surface area contributed by atoms with Crippen molar-refractivity contribution in [2.45, 2.75) is 10.2 Å². The number of carboxylic acid groups (broad SMARTS) is 1. The summed E-state index contributed by atoms with van der Waals surface area (Å²) in [6.45, 7) is 0. The van der Waals surface area contributed by atoms with Crippen molar-refractivity contribution in [2.24, 2.45) is 11.8 Å². The van der Waals surface area contributed by atoms with E-state index in [9.17, 15) is 24.3 Å². The van der Waals surface area contributed by atoms with Gasteiger partial charge in [-0.3, -0.25) is 14.4 Å². The van der Waals surface area contributed by atoms with Crippen LogP contribution in [0.25, 0.3) is 0 Å². The van der Waals surface area contributed by atoms with E-state index >= 15 is 0 Å². The van der Waals surface area contributed by atoms with Gasteiger partial charge in [-0.05, 0) is 52.6 Å². The Morgan fingerprint density at radius 1 is 0.800 bits per heavy atom. The van der Waals surface area contributed by atoms with Gasteiger partial charge in [0.1, 0.15) is 0 Å². The van der Waals surface area contributed by atoms with E-state index in [2.05, 4.69) is 21.2 Å². The van der Waals surface area contributed by atoms with Crippen molar-refractivity contribution in [1.82, 2.24) is 0 Å². The zero-order valence-corrected chi connectivity index (χ0v) is 22.5. The number of hydrogen-bond acceptors (Lipinski definition) is 4. The van der Waals surface area contributed by atoms with Crippen LogP contribution >= 0.6 is 15.9 Å². The van der Waals surface area contributed by atoms with Crippen molar-refractivity contribution in [3.8, 4) is 0 Å². The number of rotatable bonds is 4. The van der Waals surface area contributed by atoms with E-state index in [1.165, 1.54) is 23.1 Å². The summed E-state index contributed by atoms with van der Waals surface area (Å²) in [6, 6.07) is 28.3. The molecule has 4 aromatic rings. The summed E-state index contributed by atoms with van der Waals surface area (Å²) in [7, 11) is 0. The molecule has 0 radical (unpaired) electrons. The zero-order valence-electron chi connectivity index (χ0n) is 20.9. The molecule has 196 valence electrons. The number of carboxylic acids is 1. The second kappa shape index (κ2) is 8.72. The fraction of sp³-hybridized carbons (Fsp3) is 0.125. The summed E-state index contributed by atoms with van der Waals surface area (Å²) in [5.41, 5.74) is 4.65. The molecule has 40 heavy (non-hydrogen) atoms. The van der Waals surface area contributed by atoms with Gasteiger partial charge in [0.25, 0.3) is 5.91 Å². The topological polar surface area (TPSA) is 104 Å². The third-order valence-electron chi connectivity index (χ3n) is 8.29. The molecule has 2 atom stereocenters. The Balaban J connectivity index is 1.28. The Labute approximate surface area is 237 Å². The summed E-state index contributed by atoms with van der Waals surface area (Å²) >= 11 is 3.99. The summed E-state index contributed by atoms with van der Waals surface area (Å²) in [5.74, 6) is -3.87. The minimum absolute atomic E-state index is 0.0433. The van der Waals surface area contributed by atoms with Crippen LogP contribution in [0.4, 0.5) is 11.4 Å². The number of carbonyl (C=O) groups excluding carboxylic acids is 3. The predicted molar refractivity (Wildman–Crippen MR) is 152 cm³/mol. The Morgan fingerprint density at radius 2 is 1.43 bits per heavy atom. The van der Waals surface area contributed by atoms with Gasteiger partial charge in [-0.1, -0.05) is 82.7 Å². The molecule has 7 nitrogen and oxygen atoms in total. The van der Waals surface area contributed by atoms with Crippen LogP contribution in [0.5, 0.6) is 0 Å². The van der Waals surface area contributed by atoms with E-state index in [0.29, 0.717) is 5.69 Å². The number of amides is 3. The van der Waals surface area contributed by atoms with E-state index in [1.54, 1.807) is 30.3 Å². The first kappa shape index (κ1) is 24.5. The molecule has 2 N–H and O–H groups in total. The maximum absolute atomic E-state index is 14.2. The number of halogens is 1. The molecule has 4 aromatic carbocycles. The van der Waals surface area contributed by atoms with Gasteiger partial charge in [0, 0.05) is 11.5 Å². The summed E-state index contributed by atoms with van der Waals surface area (Å²) in [6.07, 6.45) is 0. The highest BCUT2D eigenvalue weighted by molar-refractivity contribution is 9.09. The number of aromatic carboxylic acids is 1. The van der Waals surface area contributed by atoms with Crippen LogP contribution in [0.15, 0.2) is 97.1 Å². The van der Waals surface area contributed by atoms with Crippen LogP contribution in [-0.4, -0.2) is 28.8 Å². The number of imide groups is 1. The minimum atomic E-state index is -1.17. The highest BCUT2D eigenvalue weighted by Gasteiger charge is 2.67. The quantitative estimate of drug-likeness (QED) is 0.239. The van der Waals surface area contributed by atoms with Crippen LogP contribution < -0.4 is 10.2 Å². The minimum Gasteiger partial charge on any atom is -0.478 e. The van der Waals surface area contributed by atoms with E-state index in [1.807, 2.05) is 48.5 Å². The van der Waals surface area contributed by atoms with E-state index in [4.69, 9.17) is 0 Å². The number of nitrogens with zero attached hydrogens (tertiary/aromatic N) is 1. The first-order valence-electron chi connectivity index (χ1n) is 12.8. The molecule has 2 bridgehead atoms. The van der Waals surface area contributed by atoms with Gasteiger partial charge in [-0.25, -0.2) is 9.69 Å². The average molecular weight is 593 g/mol. The molecule has 3 aliphatic carbocycles. The van der Waals surface area contributed by atoms with Gasteiger partial charge in [0.15, 0.2) is 0 Å². The van der Waals surface area contributed by atoms with Crippen molar-refractivity contribution in [3.05, 3.63) is 130 Å². The normalized spacial score (nSPS) is 23.8. The molecule has 4 aliphatic rings. The van der Waals surface area contributed by atoms with Crippen molar-refractivity contribution in [3.63, 3.8) is 0 Å². The molecule has 8 rings (SSSR count). The van der Waals surface area contributed by atoms with Gasteiger partial charge in [0.2, 0.25) is 11.8 Å². The van der Waals surface area contributed by atoms with Gasteiger partial charge in [-0.15, -0.1) is 0 Å². The smallest absolute Gasteiger partial charge is 0.337 e. The molecule has 0 spiro atoms. The lowest BCUT2D eigenvalue weighted by atomic mass is 9.55. The molecule has 1 heterocycles. The number of nitrogens with one attached hydrogen (secondary N) is 1. The Kier molecular flexibility index (Phi) is 5.34. The number of para-hydroxylation sites is 1.